The third kappa shape index (κ3) is 4.68. The van der Waals surface area contributed by atoms with Gasteiger partial charge in [-0.2, -0.15) is 0 Å². The minimum Gasteiger partial charge on any atom is -0.342 e. The highest BCUT2D eigenvalue weighted by Gasteiger charge is 2.18. The number of hydrogen-bond donors (Lipinski definition) is 1. The van der Waals surface area contributed by atoms with Gasteiger partial charge in [-0.15, -0.1) is 0 Å². The fourth-order valence-electron chi connectivity index (χ4n) is 1.98. The molecule has 6 nitrogen and oxygen atoms in total. The molecule has 1 unspecified atom stereocenters. The second-order valence-electron chi connectivity index (χ2n) is 4.66. The van der Waals surface area contributed by atoms with Gasteiger partial charge >= 0.3 is 0 Å². The molecular formula is C14H20ClN3O3. The molecule has 0 saturated carbocycles. The first-order chi connectivity index (χ1) is 9.90. The first kappa shape index (κ1) is 17.4. The van der Waals surface area contributed by atoms with Gasteiger partial charge < -0.3 is 10.2 Å². The molecule has 0 aromatic heterocycles. The number of nitro benzene ring substituents is 1. The number of nitrogens with one attached hydrogen (secondary N) is 1. The standard InChI is InChI=1S/C14H20ClN3O3/c1-4-17(5-2)14(19)10(3)16-9-11-6-7-12(15)13(8-11)18(20)21/h6-8,10,16H,4-5,9H2,1-3H3. The van der Waals surface area contributed by atoms with Gasteiger partial charge in [-0.1, -0.05) is 17.7 Å². The quantitative estimate of drug-likeness (QED) is 0.620. The molecule has 1 amide bonds. The van der Waals surface area contributed by atoms with E-state index in [1.165, 1.54) is 12.1 Å². The zero-order valence-electron chi connectivity index (χ0n) is 12.4. The number of carbonyl (C=O) groups excluding carboxylic acids is 1. The molecule has 0 aliphatic heterocycles. The number of carbonyl (C=O) groups is 1. The van der Waals surface area contributed by atoms with Crippen molar-refractivity contribution in [1.29, 1.82) is 0 Å². The van der Waals surface area contributed by atoms with Crippen molar-refractivity contribution >= 4 is 23.2 Å². The Labute approximate surface area is 129 Å². The van der Waals surface area contributed by atoms with E-state index in [0.29, 0.717) is 25.2 Å². The number of amides is 1. The number of hydrogen-bond acceptors (Lipinski definition) is 4. The zero-order chi connectivity index (χ0) is 16.0. The Morgan fingerprint density at radius 1 is 1.43 bits per heavy atom. The Balaban J connectivity index is 2.69. The van der Waals surface area contributed by atoms with Gasteiger partial charge in [0, 0.05) is 25.7 Å². The summed E-state index contributed by atoms with van der Waals surface area (Å²) >= 11 is 5.76. The van der Waals surface area contributed by atoms with Gasteiger partial charge in [0.25, 0.3) is 5.69 Å². The van der Waals surface area contributed by atoms with Crippen molar-refractivity contribution in [3.05, 3.63) is 38.9 Å². The minimum atomic E-state index is -0.518. The van der Waals surface area contributed by atoms with Crippen LogP contribution >= 0.6 is 11.6 Å². The summed E-state index contributed by atoms with van der Waals surface area (Å²) in [5, 5.41) is 14.0. The number of likely N-dealkylation sites (N-methyl/N-ethyl adjacent to an activating group) is 1. The van der Waals surface area contributed by atoms with Crippen LogP contribution in [0.5, 0.6) is 0 Å². The van der Waals surface area contributed by atoms with Crippen LogP contribution in [0.2, 0.25) is 5.02 Å². The topological polar surface area (TPSA) is 75.5 Å². The fourth-order valence-corrected chi connectivity index (χ4v) is 2.16. The van der Waals surface area contributed by atoms with Gasteiger partial charge in [-0.05, 0) is 32.4 Å². The summed E-state index contributed by atoms with van der Waals surface area (Å²) in [6, 6.07) is 4.27. The molecule has 0 bridgehead atoms. The van der Waals surface area contributed by atoms with E-state index in [1.807, 2.05) is 13.8 Å². The Morgan fingerprint density at radius 3 is 2.57 bits per heavy atom. The first-order valence-electron chi connectivity index (χ1n) is 6.85. The maximum atomic E-state index is 12.1. The predicted octanol–water partition coefficient (Wildman–Crippen LogP) is 2.59. The molecule has 0 fully saturated rings. The van der Waals surface area contributed by atoms with Crippen LogP contribution in [0.25, 0.3) is 0 Å². The van der Waals surface area contributed by atoms with Gasteiger partial charge in [0.15, 0.2) is 0 Å². The van der Waals surface area contributed by atoms with E-state index >= 15 is 0 Å². The third-order valence-corrected chi connectivity index (χ3v) is 3.58. The summed E-state index contributed by atoms with van der Waals surface area (Å²) in [6.45, 7) is 7.33. The second kappa shape index (κ2) is 7.95. The van der Waals surface area contributed by atoms with Crippen LogP contribution in [0.3, 0.4) is 0 Å². The van der Waals surface area contributed by atoms with Crippen molar-refractivity contribution in [3.63, 3.8) is 0 Å². The molecule has 0 aliphatic rings. The van der Waals surface area contributed by atoms with E-state index < -0.39 is 4.92 Å². The summed E-state index contributed by atoms with van der Waals surface area (Å²) in [7, 11) is 0. The van der Waals surface area contributed by atoms with Crippen molar-refractivity contribution in [2.75, 3.05) is 13.1 Å². The van der Waals surface area contributed by atoms with Crippen LogP contribution in [0.1, 0.15) is 26.3 Å². The molecule has 0 saturated heterocycles. The molecule has 1 aromatic carbocycles. The Morgan fingerprint density at radius 2 is 2.05 bits per heavy atom. The Kier molecular flexibility index (Phi) is 6.58. The van der Waals surface area contributed by atoms with Crippen molar-refractivity contribution in [2.24, 2.45) is 0 Å². The highest BCUT2D eigenvalue weighted by atomic mass is 35.5. The van der Waals surface area contributed by atoms with Gasteiger partial charge in [0.1, 0.15) is 5.02 Å². The van der Waals surface area contributed by atoms with Crippen molar-refractivity contribution in [2.45, 2.75) is 33.4 Å². The molecule has 1 N–H and O–H groups in total. The van der Waals surface area contributed by atoms with E-state index in [0.717, 1.165) is 0 Å². The van der Waals surface area contributed by atoms with Gasteiger partial charge in [0.2, 0.25) is 5.91 Å². The maximum absolute atomic E-state index is 12.1. The lowest BCUT2D eigenvalue weighted by atomic mass is 10.2. The summed E-state index contributed by atoms with van der Waals surface area (Å²) in [4.78, 5) is 24.1. The maximum Gasteiger partial charge on any atom is 0.288 e. The van der Waals surface area contributed by atoms with Crippen LogP contribution in [0.4, 0.5) is 5.69 Å². The highest BCUT2D eigenvalue weighted by Crippen LogP contribution is 2.24. The molecule has 1 atom stereocenters. The number of rotatable bonds is 7. The van der Waals surface area contributed by atoms with Crippen molar-refractivity contribution in [3.8, 4) is 0 Å². The van der Waals surface area contributed by atoms with Crippen molar-refractivity contribution in [1.82, 2.24) is 10.2 Å². The average Bonchev–Trinajstić information content (AvgIpc) is 2.46. The number of nitrogens with zero attached hydrogens (tertiary/aromatic N) is 2. The van der Waals surface area contributed by atoms with Gasteiger partial charge in [-0.3, -0.25) is 14.9 Å². The van der Waals surface area contributed by atoms with E-state index in [-0.39, 0.29) is 22.7 Å². The summed E-state index contributed by atoms with van der Waals surface area (Å²) in [6.07, 6.45) is 0. The summed E-state index contributed by atoms with van der Waals surface area (Å²) in [5.74, 6) is 0.0171. The lowest BCUT2D eigenvalue weighted by molar-refractivity contribution is -0.384. The minimum absolute atomic E-state index is 0.0171. The molecule has 0 heterocycles. The smallest absolute Gasteiger partial charge is 0.288 e. The van der Waals surface area contributed by atoms with E-state index in [2.05, 4.69) is 5.32 Å². The molecular weight excluding hydrogens is 294 g/mol. The predicted molar refractivity (Wildman–Crippen MR) is 82.3 cm³/mol. The van der Waals surface area contributed by atoms with Crippen molar-refractivity contribution < 1.29 is 9.72 Å². The SMILES string of the molecule is CCN(CC)C(=O)C(C)NCc1ccc(Cl)c([N+](=O)[O-])c1. The molecule has 7 heteroatoms. The van der Waals surface area contributed by atoms with Crippen LogP contribution in [-0.4, -0.2) is 34.9 Å². The van der Waals surface area contributed by atoms with Crippen LogP contribution in [0, 0.1) is 10.1 Å². The largest absolute Gasteiger partial charge is 0.342 e. The van der Waals surface area contributed by atoms with E-state index in [1.54, 1.807) is 17.9 Å². The zero-order valence-corrected chi connectivity index (χ0v) is 13.2. The molecule has 1 rings (SSSR count). The Bertz CT molecular complexity index is 518. The first-order valence-corrected chi connectivity index (χ1v) is 7.23. The Hall–Kier alpha value is -1.66. The monoisotopic (exact) mass is 313 g/mol. The highest BCUT2D eigenvalue weighted by molar-refractivity contribution is 6.32. The number of nitro groups is 1. The average molecular weight is 314 g/mol. The summed E-state index contributed by atoms with van der Waals surface area (Å²) in [5.41, 5.74) is 0.587. The fraction of sp³-hybridized carbons (Fsp3) is 0.500. The van der Waals surface area contributed by atoms with E-state index in [9.17, 15) is 14.9 Å². The van der Waals surface area contributed by atoms with Gasteiger partial charge in [-0.25, -0.2) is 0 Å². The second-order valence-corrected chi connectivity index (χ2v) is 5.06. The summed E-state index contributed by atoms with van der Waals surface area (Å²) < 4.78 is 0. The molecule has 0 spiro atoms. The normalized spacial score (nSPS) is 12.0. The van der Waals surface area contributed by atoms with Crippen LogP contribution < -0.4 is 5.32 Å². The molecule has 116 valence electrons. The van der Waals surface area contributed by atoms with E-state index in [4.69, 9.17) is 11.6 Å². The lowest BCUT2D eigenvalue weighted by Gasteiger charge is -2.23. The van der Waals surface area contributed by atoms with Gasteiger partial charge in [0.05, 0.1) is 11.0 Å². The van der Waals surface area contributed by atoms with Crippen LogP contribution in [-0.2, 0) is 11.3 Å². The third-order valence-electron chi connectivity index (χ3n) is 3.27. The molecule has 0 radical (unpaired) electrons. The molecule has 1 aromatic rings. The lowest BCUT2D eigenvalue weighted by Crippen LogP contribution is -2.44. The number of halogens is 1. The van der Waals surface area contributed by atoms with Crippen LogP contribution in [0.15, 0.2) is 18.2 Å². The molecule has 21 heavy (non-hydrogen) atoms. The molecule has 0 aliphatic carbocycles. The number of benzene rings is 1.